The van der Waals surface area contributed by atoms with Gasteiger partial charge < -0.3 is 0 Å². The van der Waals surface area contributed by atoms with Gasteiger partial charge in [0.25, 0.3) is 0 Å². The van der Waals surface area contributed by atoms with E-state index in [0.29, 0.717) is 9.62 Å². The van der Waals surface area contributed by atoms with Crippen molar-refractivity contribution in [3.05, 3.63) is 0 Å². The third-order valence-corrected chi connectivity index (χ3v) is 5.49. The zero-order chi connectivity index (χ0) is 9.36. The standard InChI is InChI=1S/C11H19NS/c1-3-10(4-2)9-12-11(13-10)7-5-6-8-11/h9H,3-8H2,1-2H3. The molecule has 1 nitrogen and oxygen atoms in total. The van der Waals surface area contributed by atoms with Gasteiger partial charge in [0.15, 0.2) is 0 Å². The molecule has 1 spiro atoms. The Bertz CT molecular complexity index is 206. The molecule has 0 aromatic carbocycles. The Labute approximate surface area is 85.4 Å². The first-order chi connectivity index (χ1) is 6.24. The topological polar surface area (TPSA) is 12.4 Å². The van der Waals surface area contributed by atoms with Crippen LogP contribution < -0.4 is 0 Å². The number of nitrogens with zero attached hydrogens (tertiary/aromatic N) is 1. The van der Waals surface area contributed by atoms with Gasteiger partial charge in [0.1, 0.15) is 4.87 Å². The quantitative estimate of drug-likeness (QED) is 0.658. The molecule has 0 bridgehead atoms. The summed E-state index contributed by atoms with van der Waals surface area (Å²) >= 11 is 2.15. The molecule has 1 fully saturated rings. The molecule has 2 rings (SSSR count). The van der Waals surface area contributed by atoms with Crippen LogP contribution in [-0.2, 0) is 0 Å². The molecule has 0 atom stereocenters. The van der Waals surface area contributed by atoms with Gasteiger partial charge in [-0.05, 0) is 25.7 Å². The average molecular weight is 197 g/mol. The Morgan fingerprint density at radius 3 is 2.31 bits per heavy atom. The predicted molar refractivity (Wildman–Crippen MR) is 60.6 cm³/mol. The second-order valence-electron chi connectivity index (χ2n) is 4.29. The Kier molecular flexibility index (Phi) is 2.43. The lowest BCUT2D eigenvalue weighted by molar-refractivity contribution is 0.648. The van der Waals surface area contributed by atoms with E-state index in [1.807, 2.05) is 0 Å². The van der Waals surface area contributed by atoms with Crippen molar-refractivity contribution in [1.29, 1.82) is 0 Å². The largest absolute Gasteiger partial charge is 0.279 e. The molecule has 0 aromatic rings. The van der Waals surface area contributed by atoms with Gasteiger partial charge in [-0.15, -0.1) is 11.8 Å². The molecule has 2 aliphatic rings. The molecule has 13 heavy (non-hydrogen) atoms. The van der Waals surface area contributed by atoms with Crippen LogP contribution in [0.1, 0.15) is 52.4 Å². The van der Waals surface area contributed by atoms with Crippen molar-refractivity contribution >= 4 is 18.0 Å². The van der Waals surface area contributed by atoms with E-state index < -0.39 is 0 Å². The van der Waals surface area contributed by atoms with Gasteiger partial charge in [-0.25, -0.2) is 0 Å². The van der Waals surface area contributed by atoms with Crippen LogP contribution in [0.4, 0.5) is 0 Å². The molecule has 0 aromatic heterocycles. The lowest BCUT2D eigenvalue weighted by Crippen LogP contribution is -2.25. The van der Waals surface area contributed by atoms with Gasteiger partial charge >= 0.3 is 0 Å². The van der Waals surface area contributed by atoms with Gasteiger partial charge in [-0.3, -0.25) is 4.99 Å². The first-order valence-corrected chi connectivity index (χ1v) is 6.32. The lowest BCUT2D eigenvalue weighted by Gasteiger charge is -2.27. The molecule has 0 amide bonds. The summed E-state index contributed by atoms with van der Waals surface area (Å²) in [6, 6.07) is 0. The molecule has 1 saturated carbocycles. The smallest absolute Gasteiger partial charge is 0.106 e. The molecule has 74 valence electrons. The highest BCUT2D eigenvalue weighted by molar-refractivity contribution is 8.03. The molecule has 2 heteroatoms. The van der Waals surface area contributed by atoms with Gasteiger partial charge in [-0.2, -0.15) is 0 Å². The number of aliphatic imine (C=N–C) groups is 1. The lowest BCUT2D eigenvalue weighted by atomic mass is 10.0. The van der Waals surface area contributed by atoms with Crippen LogP contribution in [0.25, 0.3) is 0 Å². The van der Waals surface area contributed by atoms with Crippen LogP contribution in [0.5, 0.6) is 0 Å². The van der Waals surface area contributed by atoms with Crippen LogP contribution in [0, 0.1) is 0 Å². The Balaban J connectivity index is 2.12. The fourth-order valence-electron chi connectivity index (χ4n) is 2.40. The minimum absolute atomic E-state index is 0.312. The van der Waals surface area contributed by atoms with Crippen molar-refractivity contribution in [1.82, 2.24) is 0 Å². The fourth-order valence-corrected chi connectivity index (χ4v) is 4.15. The fraction of sp³-hybridized carbons (Fsp3) is 0.909. The van der Waals surface area contributed by atoms with Gasteiger partial charge in [-0.1, -0.05) is 26.7 Å². The van der Waals surface area contributed by atoms with Gasteiger partial charge in [0, 0.05) is 6.21 Å². The summed E-state index contributed by atoms with van der Waals surface area (Å²) in [5.74, 6) is 0. The van der Waals surface area contributed by atoms with Crippen molar-refractivity contribution in [2.45, 2.75) is 62.0 Å². The zero-order valence-corrected chi connectivity index (χ0v) is 9.49. The summed E-state index contributed by atoms with van der Waals surface area (Å²) in [6.45, 7) is 4.58. The summed E-state index contributed by atoms with van der Waals surface area (Å²) in [5.41, 5.74) is 0. The highest BCUT2D eigenvalue weighted by Gasteiger charge is 2.45. The van der Waals surface area contributed by atoms with E-state index in [-0.39, 0.29) is 0 Å². The first-order valence-electron chi connectivity index (χ1n) is 5.51. The third kappa shape index (κ3) is 1.54. The van der Waals surface area contributed by atoms with E-state index >= 15 is 0 Å². The van der Waals surface area contributed by atoms with Crippen molar-refractivity contribution in [3.8, 4) is 0 Å². The summed E-state index contributed by atoms with van der Waals surface area (Å²) in [6.07, 6.45) is 10.1. The zero-order valence-electron chi connectivity index (χ0n) is 8.68. The van der Waals surface area contributed by atoms with Crippen LogP contribution in [0.3, 0.4) is 0 Å². The molecule has 0 N–H and O–H groups in total. The predicted octanol–water partition coefficient (Wildman–Crippen LogP) is 3.63. The second-order valence-corrected chi connectivity index (χ2v) is 6.06. The summed E-state index contributed by atoms with van der Waals surface area (Å²) < 4.78 is 0.379. The molecule has 0 unspecified atom stereocenters. The maximum absolute atomic E-state index is 4.80. The monoisotopic (exact) mass is 197 g/mol. The molecular weight excluding hydrogens is 178 g/mol. The second kappa shape index (κ2) is 3.30. The molecule has 0 radical (unpaired) electrons. The van der Waals surface area contributed by atoms with Crippen LogP contribution >= 0.6 is 11.8 Å². The molecule has 1 heterocycles. The van der Waals surface area contributed by atoms with Crippen molar-refractivity contribution in [2.75, 3.05) is 0 Å². The maximum atomic E-state index is 4.80. The normalized spacial score (nSPS) is 28.8. The summed E-state index contributed by atoms with van der Waals surface area (Å²) in [7, 11) is 0. The van der Waals surface area contributed by atoms with E-state index in [9.17, 15) is 0 Å². The van der Waals surface area contributed by atoms with E-state index in [4.69, 9.17) is 4.99 Å². The van der Waals surface area contributed by atoms with E-state index in [2.05, 4.69) is 31.8 Å². The van der Waals surface area contributed by atoms with E-state index in [0.717, 1.165) is 0 Å². The number of thioether (sulfide) groups is 1. The van der Waals surface area contributed by atoms with Crippen molar-refractivity contribution in [2.24, 2.45) is 4.99 Å². The maximum Gasteiger partial charge on any atom is 0.106 e. The summed E-state index contributed by atoms with van der Waals surface area (Å²) in [5, 5.41) is 0. The molecule has 1 aliphatic heterocycles. The Morgan fingerprint density at radius 2 is 1.85 bits per heavy atom. The van der Waals surface area contributed by atoms with Gasteiger partial charge in [0.2, 0.25) is 0 Å². The number of hydrogen-bond donors (Lipinski definition) is 0. The van der Waals surface area contributed by atoms with Crippen LogP contribution in [-0.4, -0.2) is 15.8 Å². The average Bonchev–Trinajstić information content (AvgIpc) is 2.76. The van der Waals surface area contributed by atoms with Crippen molar-refractivity contribution < 1.29 is 0 Å². The number of hydrogen-bond acceptors (Lipinski definition) is 2. The highest BCUT2D eigenvalue weighted by Crippen LogP contribution is 2.53. The van der Waals surface area contributed by atoms with E-state index in [1.54, 1.807) is 0 Å². The Hall–Kier alpha value is 0.0200. The van der Waals surface area contributed by atoms with Crippen molar-refractivity contribution in [3.63, 3.8) is 0 Å². The third-order valence-electron chi connectivity index (χ3n) is 3.51. The first kappa shape index (κ1) is 9.57. The van der Waals surface area contributed by atoms with E-state index in [1.165, 1.54) is 38.5 Å². The molecule has 0 saturated heterocycles. The molecule has 1 aliphatic carbocycles. The minimum Gasteiger partial charge on any atom is -0.279 e. The van der Waals surface area contributed by atoms with Gasteiger partial charge in [0.05, 0.1) is 4.75 Å². The molecular formula is C11H19NS. The summed E-state index contributed by atoms with van der Waals surface area (Å²) in [4.78, 5) is 5.11. The highest BCUT2D eigenvalue weighted by atomic mass is 32.2. The van der Waals surface area contributed by atoms with Crippen LogP contribution in [0.15, 0.2) is 4.99 Å². The minimum atomic E-state index is 0.312. The SMILES string of the molecule is CCC1(CC)C=NC2(CCCC2)S1. The van der Waals surface area contributed by atoms with Crippen LogP contribution in [0.2, 0.25) is 0 Å². The Morgan fingerprint density at radius 1 is 1.23 bits per heavy atom. The number of rotatable bonds is 2.